The van der Waals surface area contributed by atoms with Gasteiger partial charge in [-0.15, -0.1) is 0 Å². The number of amides is 2. The van der Waals surface area contributed by atoms with Crippen LogP contribution in [0.3, 0.4) is 0 Å². The van der Waals surface area contributed by atoms with Crippen LogP contribution in [0.4, 0.5) is 17.1 Å². The van der Waals surface area contributed by atoms with Gasteiger partial charge in [0, 0.05) is 43.6 Å². The molecule has 0 saturated carbocycles. The molecule has 3 aromatic carbocycles. The van der Waals surface area contributed by atoms with Crippen molar-refractivity contribution < 1.29 is 14.3 Å². The van der Waals surface area contributed by atoms with Crippen LogP contribution < -0.4 is 19.9 Å². The van der Waals surface area contributed by atoms with Gasteiger partial charge in [0.1, 0.15) is 5.75 Å². The molecule has 6 nitrogen and oxygen atoms in total. The van der Waals surface area contributed by atoms with E-state index in [1.165, 1.54) is 5.56 Å². The molecule has 0 atom stereocenters. The van der Waals surface area contributed by atoms with Gasteiger partial charge >= 0.3 is 0 Å². The summed E-state index contributed by atoms with van der Waals surface area (Å²) in [6, 6.07) is 25.3. The monoisotopic (exact) mass is 429 g/mol. The van der Waals surface area contributed by atoms with Crippen molar-refractivity contribution in [2.45, 2.75) is 19.4 Å². The number of carbonyl (C=O) groups is 2. The Bertz CT molecular complexity index is 1050. The maximum Gasteiger partial charge on any atom is 0.262 e. The standard InChI is InChI=1S/C26H27N3O3/c1-28(18-20-6-3-2-4-7-20)22-11-9-21(10-12-22)27-25(30)19-32-24-15-13-23(14-16-24)29-17-5-8-26(29)31/h2-4,6-7,9-16H,5,8,17-19H2,1H3,(H,27,30). The first-order chi connectivity index (χ1) is 15.6. The highest BCUT2D eigenvalue weighted by Crippen LogP contribution is 2.24. The first-order valence-corrected chi connectivity index (χ1v) is 10.8. The van der Waals surface area contributed by atoms with Crippen LogP contribution in [0.25, 0.3) is 0 Å². The number of rotatable bonds is 8. The maximum atomic E-state index is 12.3. The summed E-state index contributed by atoms with van der Waals surface area (Å²) in [6.07, 6.45) is 1.49. The minimum absolute atomic E-state index is 0.0857. The molecule has 1 heterocycles. The zero-order valence-corrected chi connectivity index (χ0v) is 18.2. The summed E-state index contributed by atoms with van der Waals surface area (Å²) in [4.78, 5) is 28.0. The summed E-state index contributed by atoms with van der Waals surface area (Å²) < 4.78 is 5.59. The maximum absolute atomic E-state index is 12.3. The predicted molar refractivity (Wildman–Crippen MR) is 127 cm³/mol. The predicted octanol–water partition coefficient (Wildman–Crippen LogP) is 4.47. The lowest BCUT2D eigenvalue weighted by molar-refractivity contribution is -0.118. The Labute approximate surface area is 188 Å². The Hall–Kier alpha value is -3.80. The van der Waals surface area contributed by atoms with Crippen LogP contribution in [0.2, 0.25) is 0 Å². The van der Waals surface area contributed by atoms with Crippen LogP contribution >= 0.6 is 0 Å². The molecule has 1 fully saturated rings. The molecule has 1 N–H and O–H groups in total. The zero-order chi connectivity index (χ0) is 22.3. The van der Waals surface area contributed by atoms with Gasteiger partial charge in [0.05, 0.1) is 0 Å². The minimum atomic E-state index is -0.228. The number of benzene rings is 3. The first-order valence-electron chi connectivity index (χ1n) is 10.8. The van der Waals surface area contributed by atoms with Gasteiger partial charge in [0.2, 0.25) is 5.91 Å². The van der Waals surface area contributed by atoms with Crippen LogP contribution in [0.15, 0.2) is 78.9 Å². The Morgan fingerprint density at radius 2 is 1.72 bits per heavy atom. The third kappa shape index (κ3) is 5.46. The summed E-state index contributed by atoms with van der Waals surface area (Å²) >= 11 is 0. The van der Waals surface area contributed by atoms with Crippen LogP contribution in [0, 0.1) is 0 Å². The van der Waals surface area contributed by atoms with Crippen molar-refractivity contribution in [3.63, 3.8) is 0 Å². The van der Waals surface area contributed by atoms with Crippen LogP contribution in [0.1, 0.15) is 18.4 Å². The molecular weight excluding hydrogens is 402 g/mol. The normalized spacial score (nSPS) is 13.2. The van der Waals surface area contributed by atoms with E-state index >= 15 is 0 Å². The molecule has 3 aromatic rings. The van der Waals surface area contributed by atoms with Gasteiger partial charge < -0.3 is 19.9 Å². The number of hydrogen-bond acceptors (Lipinski definition) is 4. The summed E-state index contributed by atoms with van der Waals surface area (Å²) in [5.74, 6) is 0.512. The Balaban J connectivity index is 1.25. The molecule has 1 aliphatic rings. The van der Waals surface area contributed by atoms with Gasteiger partial charge in [0.25, 0.3) is 5.91 Å². The average molecular weight is 430 g/mol. The van der Waals surface area contributed by atoms with E-state index in [-0.39, 0.29) is 18.4 Å². The van der Waals surface area contributed by atoms with Gasteiger partial charge in [-0.1, -0.05) is 30.3 Å². The van der Waals surface area contributed by atoms with Gasteiger partial charge in [-0.2, -0.15) is 0 Å². The molecule has 0 spiro atoms. The smallest absolute Gasteiger partial charge is 0.262 e. The van der Waals surface area contributed by atoms with Crippen molar-refractivity contribution in [1.29, 1.82) is 0 Å². The van der Waals surface area contributed by atoms with E-state index in [2.05, 4.69) is 22.3 Å². The second kappa shape index (κ2) is 10.0. The fourth-order valence-corrected chi connectivity index (χ4v) is 3.74. The molecule has 0 aromatic heterocycles. The largest absolute Gasteiger partial charge is 0.484 e. The highest BCUT2D eigenvalue weighted by atomic mass is 16.5. The molecule has 4 rings (SSSR count). The first kappa shape index (κ1) is 21.4. The van der Waals surface area contributed by atoms with E-state index in [0.717, 1.165) is 36.6 Å². The summed E-state index contributed by atoms with van der Waals surface area (Å²) in [7, 11) is 2.04. The van der Waals surface area contributed by atoms with Gasteiger partial charge in [-0.05, 0) is 60.5 Å². The molecule has 2 amide bonds. The highest BCUT2D eigenvalue weighted by Gasteiger charge is 2.21. The zero-order valence-electron chi connectivity index (χ0n) is 18.2. The lowest BCUT2D eigenvalue weighted by atomic mass is 10.2. The van der Waals surface area contributed by atoms with Crippen molar-refractivity contribution in [1.82, 2.24) is 0 Å². The minimum Gasteiger partial charge on any atom is -0.484 e. The Morgan fingerprint density at radius 3 is 2.38 bits per heavy atom. The molecule has 6 heteroatoms. The molecule has 0 aliphatic carbocycles. The molecule has 1 aliphatic heterocycles. The highest BCUT2D eigenvalue weighted by molar-refractivity contribution is 5.95. The third-order valence-electron chi connectivity index (χ3n) is 5.45. The topological polar surface area (TPSA) is 61.9 Å². The SMILES string of the molecule is CN(Cc1ccccc1)c1ccc(NC(=O)COc2ccc(N3CCCC3=O)cc2)cc1. The van der Waals surface area contributed by atoms with Gasteiger partial charge in [0.15, 0.2) is 6.61 Å². The van der Waals surface area contributed by atoms with Crippen LogP contribution in [0.5, 0.6) is 5.75 Å². The fourth-order valence-electron chi connectivity index (χ4n) is 3.74. The molecule has 1 saturated heterocycles. The molecule has 32 heavy (non-hydrogen) atoms. The summed E-state index contributed by atoms with van der Waals surface area (Å²) in [6.45, 7) is 1.48. The van der Waals surface area contributed by atoms with E-state index in [0.29, 0.717) is 12.2 Å². The summed E-state index contributed by atoms with van der Waals surface area (Å²) in [5, 5.41) is 2.85. The van der Waals surface area contributed by atoms with Gasteiger partial charge in [-0.3, -0.25) is 9.59 Å². The molecule has 0 radical (unpaired) electrons. The number of carbonyl (C=O) groups excluding carboxylic acids is 2. The number of hydrogen-bond donors (Lipinski definition) is 1. The second-order valence-electron chi connectivity index (χ2n) is 7.87. The fraction of sp³-hybridized carbons (Fsp3) is 0.231. The molecule has 0 bridgehead atoms. The Kier molecular flexibility index (Phi) is 6.70. The molecular formula is C26H27N3O3. The number of nitrogens with zero attached hydrogens (tertiary/aromatic N) is 2. The quantitative estimate of drug-likeness (QED) is 0.574. The van der Waals surface area contributed by atoms with E-state index < -0.39 is 0 Å². The van der Waals surface area contributed by atoms with Crippen molar-refractivity contribution in [3.8, 4) is 5.75 Å². The van der Waals surface area contributed by atoms with E-state index in [4.69, 9.17) is 4.74 Å². The molecule has 164 valence electrons. The van der Waals surface area contributed by atoms with Crippen molar-refractivity contribution in [2.75, 3.05) is 35.3 Å². The van der Waals surface area contributed by atoms with E-state index in [1.807, 2.05) is 61.6 Å². The number of ether oxygens (including phenoxy) is 1. The lowest BCUT2D eigenvalue weighted by Crippen LogP contribution is -2.23. The second-order valence-corrected chi connectivity index (χ2v) is 7.87. The summed E-state index contributed by atoms with van der Waals surface area (Å²) in [5.41, 5.74) is 3.89. The van der Waals surface area contributed by atoms with E-state index in [9.17, 15) is 9.59 Å². The lowest BCUT2D eigenvalue weighted by Gasteiger charge is -2.20. The Morgan fingerprint density at radius 1 is 1.00 bits per heavy atom. The number of anilines is 3. The number of nitrogens with one attached hydrogen (secondary N) is 1. The third-order valence-corrected chi connectivity index (χ3v) is 5.45. The van der Waals surface area contributed by atoms with Crippen LogP contribution in [-0.4, -0.2) is 32.0 Å². The van der Waals surface area contributed by atoms with Crippen LogP contribution in [-0.2, 0) is 16.1 Å². The van der Waals surface area contributed by atoms with Crippen molar-refractivity contribution >= 4 is 28.9 Å². The van der Waals surface area contributed by atoms with Gasteiger partial charge in [-0.25, -0.2) is 0 Å². The van der Waals surface area contributed by atoms with Crippen molar-refractivity contribution in [2.24, 2.45) is 0 Å². The molecule has 0 unspecified atom stereocenters. The average Bonchev–Trinajstić information content (AvgIpc) is 3.25. The van der Waals surface area contributed by atoms with E-state index in [1.54, 1.807) is 17.0 Å². The van der Waals surface area contributed by atoms with Crippen molar-refractivity contribution in [3.05, 3.63) is 84.4 Å².